The zero-order valence-electron chi connectivity index (χ0n) is 9.78. The van der Waals surface area contributed by atoms with Crippen LogP contribution in [0.25, 0.3) is 0 Å². The first-order valence-electron chi connectivity index (χ1n) is 5.91. The van der Waals surface area contributed by atoms with Gasteiger partial charge in [0.15, 0.2) is 0 Å². The first-order chi connectivity index (χ1) is 7.76. The molecule has 0 saturated heterocycles. The minimum absolute atomic E-state index is 0.100. The number of esters is 1. The highest BCUT2D eigenvalue weighted by Gasteiger charge is 2.33. The minimum atomic E-state index is -0.102. The van der Waals surface area contributed by atoms with E-state index in [9.17, 15) is 4.79 Å². The zero-order chi connectivity index (χ0) is 11.5. The topological polar surface area (TPSA) is 39.2 Å². The fraction of sp³-hybridized carbons (Fsp3) is 0.667. The first kappa shape index (κ1) is 11.6. The molecule has 88 valence electrons. The molecule has 0 radical (unpaired) electrons. The molecule has 1 aliphatic carbocycles. The lowest BCUT2D eigenvalue weighted by Crippen LogP contribution is -2.14. The van der Waals surface area contributed by atoms with Crippen molar-refractivity contribution in [1.82, 2.24) is 4.98 Å². The lowest BCUT2D eigenvalue weighted by molar-refractivity contribution is -0.145. The molecule has 16 heavy (non-hydrogen) atoms. The second-order valence-corrected chi connectivity index (χ2v) is 5.18. The predicted octanol–water partition coefficient (Wildman–Crippen LogP) is 2.69. The van der Waals surface area contributed by atoms with Gasteiger partial charge in [-0.25, -0.2) is 4.98 Å². The van der Waals surface area contributed by atoms with Crippen molar-refractivity contribution in [1.29, 1.82) is 0 Å². The smallest absolute Gasteiger partial charge is 0.315 e. The Balaban J connectivity index is 2.15. The minimum Gasteiger partial charge on any atom is -0.465 e. The van der Waals surface area contributed by atoms with E-state index in [0.717, 1.165) is 31.4 Å². The maximum Gasteiger partial charge on any atom is 0.315 e. The molecule has 1 heterocycles. The number of ether oxygens (including phenoxy) is 1. The highest BCUT2D eigenvalue weighted by molar-refractivity contribution is 7.11. The van der Waals surface area contributed by atoms with Crippen molar-refractivity contribution in [2.45, 2.75) is 45.4 Å². The Labute approximate surface area is 99.8 Å². The Bertz CT molecular complexity index is 386. The summed E-state index contributed by atoms with van der Waals surface area (Å²) < 4.78 is 5.08. The van der Waals surface area contributed by atoms with E-state index in [1.54, 1.807) is 11.3 Å². The van der Waals surface area contributed by atoms with Crippen molar-refractivity contribution in [2.24, 2.45) is 0 Å². The van der Waals surface area contributed by atoms with Gasteiger partial charge >= 0.3 is 5.97 Å². The summed E-state index contributed by atoms with van der Waals surface area (Å²) in [6, 6.07) is 0. The summed E-state index contributed by atoms with van der Waals surface area (Å²) in [7, 11) is 0. The summed E-state index contributed by atoms with van der Waals surface area (Å²) >= 11 is 1.77. The second kappa shape index (κ2) is 4.95. The van der Waals surface area contributed by atoms with E-state index in [4.69, 9.17) is 4.74 Å². The quantitative estimate of drug-likeness (QED) is 0.758. The normalized spacial score (nSPS) is 18.5. The molecule has 0 spiro atoms. The van der Waals surface area contributed by atoms with Gasteiger partial charge in [0, 0.05) is 4.88 Å². The lowest BCUT2D eigenvalue weighted by Gasteiger charge is -2.07. The van der Waals surface area contributed by atoms with Crippen LogP contribution in [0.15, 0.2) is 0 Å². The van der Waals surface area contributed by atoms with E-state index in [-0.39, 0.29) is 11.9 Å². The largest absolute Gasteiger partial charge is 0.465 e. The molecule has 3 nitrogen and oxygen atoms in total. The molecule has 0 bridgehead atoms. The molecular formula is C12H17NO2S. The highest BCUT2D eigenvalue weighted by atomic mass is 32.1. The third-order valence-electron chi connectivity index (χ3n) is 2.80. The zero-order valence-corrected chi connectivity index (χ0v) is 10.6. The Morgan fingerprint density at radius 2 is 2.38 bits per heavy atom. The van der Waals surface area contributed by atoms with E-state index < -0.39 is 0 Å². The molecule has 1 aliphatic rings. The van der Waals surface area contributed by atoms with Crippen LogP contribution in [0.3, 0.4) is 0 Å². The fourth-order valence-electron chi connectivity index (χ4n) is 2.07. The molecule has 1 unspecified atom stereocenters. The Hall–Kier alpha value is -0.900. The Morgan fingerprint density at radius 3 is 3.06 bits per heavy atom. The summed E-state index contributed by atoms with van der Waals surface area (Å²) in [6.45, 7) is 4.45. The summed E-state index contributed by atoms with van der Waals surface area (Å²) in [5.41, 5.74) is 0.993. The number of aromatic nitrogens is 1. The number of carbonyl (C=O) groups is 1. The van der Waals surface area contributed by atoms with Crippen LogP contribution in [0.1, 0.15) is 48.2 Å². The van der Waals surface area contributed by atoms with Crippen molar-refractivity contribution in [3.63, 3.8) is 0 Å². The third-order valence-corrected chi connectivity index (χ3v) is 3.99. The van der Waals surface area contributed by atoms with Gasteiger partial charge in [-0.3, -0.25) is 4.79 Å². The summed E-state index contributed by atoms with van der Waals surface area (Å²) in [6.07, 6.45) is 3.99. The third kappa shape index (κ3) is 2.12. The average Bonchev–Trinajstić information content (AvgIpc) is 2.77. The van der Waals surface area contributed by atoms with Gasteiger partial charge in [-0.05, 0) is 32.6 Å². The van der Waals surface area contributed by atoms with Gasteiger partial charge in [-0.2, -0.15) is 0 Å². The molecule has 0 saturated carbocycles. The molecule has 0 aliphatic heterocycles. The molecule has 2 rings (SSSR count). The SMILES string of the molecule is CCCc1nc2c(s1)CCC2C(=O)OCC. The van der Waals surface area contributed by atoms with Crippen molar-refractivity contribution in [3.8, 4) is 0 Å². The van der Waals surface area contributed by atoms with Crippen LogP contribution >= 0.6 is 11.3 Å². The Morgan fingerprint density at radius 1 is 1.56 bits per heavy atom. The van der Waals surface area contributed by atoms with Crippen LogP contribution in [0.2, 0.25) is 0 Å². The number of carbonyl (C=O) groups excluding carboxylic acids is 1. The van der Waals surface area contributed by atoms with E-state index in [2.05, 4.69) is 11.9 Å². The first-order valence-corrected chi connectivity index (χ1v) is 6.73. The lowest BCUT2D eigenvalue weighted by atomic mass is 10.1. The molecule has 1 aromatic heterocycles. The van der Waals surface area contributed by atoms with E-state index in [1.165, 1.54) is 9.88 Å². The van der Waals surface area contributed by atoms with Gasteiger partial charge in [-0.1, -0.05) is 6.92 Å². The van der Waals surface area contributed by atoms with Crippen LogP contribution in [-0.2, 0) is 22.4 Å². The van der Waals surface area contributed by atoms with Crippen molar-refractivity contribution in [2.75, 3.05) is 6.61 Å². The van der Waals surface area contributed by atoms with Gasteiger partial charge < -0.3 is 4.74 Å². The highest BCUT2D eigenvalue weighted by Crippen LogP contribution is 2.37. The van der Waals surface area contributed by atoms with E-state index >= 15 is 0 Å². The molecule has 0 N–H and O–H groups in total. The summed E-state index contributed by atoms with van der Waals surface area (Å²) in [5.74, 6) is -0.202. The van der Waals surface area contributed by atoms with E-state index in [1.807, 2.05) is 6.92 Å². The average molecular weight is 239 g/mol. The maximum absolute atomic E-state index is 11.7. The molecule has 0 fully saturated rings. The number of thiazole rings is 1. The van der Waals surface area contributed by atoms with Crippen molar-refractivity contribution >= 4 is 17.3 Å². The van der Waals surface area contributed by atoms with Gasteiger partial charge in [0.05, 0.1) is 17.3 Å². The molecular weight excluding hydrogens is 222 g/mol. The van der Waals surface area contributed by atoms with E-state index in [0.29, 0.717) is 6.61 Å². The van der Waals surface area contributed by atoms with Gasteiger partial charge in [0.1, 0.15) is 5.92 Å². The van der Waals surface area contributed by atoms with Crippen molar-refractivity contribution in [3.05, 3.63) is 15.6 Å². The number of rotatable bonds is 4. The fourth-order valence-corrected chi connectivity index (χ4v) is 3.32. The number of fused-ring (bicyclic) bond motifs is 1. The monoisotopic (exact) mass is 239 g/mol. The van der Waals surface area contributed by atoms with Gasteiger partial charge in [0.25, 0.3) is 0 Å². The van der Waals surface area contributed by atoms with Gasteiger partial charge in [0.2, 0.25) is 0 Å². The standard InChI is InChI=1S/C12H17NO2S/c1-3-5-10-13-11-8(12(14)15-4-2)6-7-9(11)16-10/h8H,3-7H2,1-2H3. The number of nitrogens with zero attached hydrogens (tertiary/aromatic N) is 1. The number of hydrogen-bond donors (Lipinski definition) is 0. The van der Waals surface area contributed by atoms with Crippen molar-refractivity contribution < 1.29 is 9.53 Å². The second-order valence-electron chi connectivity index (χ2n) is 4.01. The molecule has 4 heteroatoms. The van der Waals surface area contributed by atoms with Crippen LogP contribution in [0, 0.1) is 0 Å². The number of hydrogen-bond acceptors (Lipinski definition) is 4. The van der Waals surface area contributed by atoms with Crippen LogP contribution in [-0.4, -0.2) is 17.6 Å². The molecule has 1 atom stereocenters. The van der Waals surface area contributed by atoms with Crippen LogP contribution in [0.5, 0.6) is 0 Å². The predicted molar refractivity (Wildman–Crippen MR) is 63.8 cm³/mol. The summed E-state index contributed by atoms with van der Waals surface area (Å²) in [5, 5.41) is 1.17. The Kier molecular flexibility index (Phi) is 3.59. The molecule has 0 aromatic carbocycles. The number of aryl methyl sites for hydroxylation is 2. The van der Waals surface area contributed by atoms with Crippen LogP contribution < -0.4 is 0 Å². The molecule has 1 aromatic rings. The maximum atomic E-state index is 11.7. The van der Waals surface area contributed by atoms with Gasteiger partial charge in [-0.15, -0.1) is 11.3 Å². The summed E-state index contributed by atoms with van der Waals surface area (Å²) in [4.78, 5) is 17.6. The molecule has 0 amide bonds. The van der Waals surface area contributed by atoms with Crippen LogP contribution in [0.4, 0.5) is 0 Å².